The number of hydrogen-bond acceptors (Lipinski definition) is 3. The summed E-state index contributed by atoms with van der Waals surface area (Å²) in [5.41, 5.74) is 5.68. The van der Waals surface area contributed by atoms with Crippen molar-refractivity contribution in [2.75, 3.05) is 17.3 Å². The van der Waals surface area contributed by atoms with Gasteiger partial charge in [0.2, 0.25) is 11.8 Å². The lowest BCUT2D eigenvalue weighted by molar-refractivity contribution is -0.125. The number of ether oxygens (including phenoxy) is 1. The molecule has 0 saturated carbocycles. The molecule has 1 fully saturated rings. The molecule has 33 heavy (non-hydrogen) atoms. The molecule has 1 aliphatic rings. The number of methoxy groups -OCH3 is 1. The predicted molar refractivity (Wildman–Crippen MR) is 132 cm³/mol. The number of para-hydroxylation sites is 1. The molecule has 0 aromatic heterocycles. The number of rotatable bonds is 5. The van der Waals surface area contributed by atoms with Crippen molar-refractivity contribution in [2.24, 2.45) is 5.92 Å². The van der Waals surface area contributed by atoms with Crippen molar-refractivity contribution >= 4 is 23.2 Å². The van der Waals surface area contributed by atoms with Crippen LogP contribution in [0.25, 0.3) is 0 Å². The summed E-state index contributed by atoms with van der Waals surface area (Å²) in [5.74, 6) is 0.144. The molecule has 2 atom stereocenters. The topological polar surface area (TPSA) is 58.6 Å². The van der Waals surface area contributed by atoms with Crippen LogP contribution in [0.1, 0.15) is 41.1 Å². The zero-order valence-electron chi connectivity index (χ0n) is 19.6. The minimum atomic E-state index is -0.476. The number of aryl methyl sites for hydroxylation is 3. The van der Waals surface area contributed by atoms with E-state index < -0.39 is 12.0 Å². The van der Waals surface area contributed by atoms with E-state index in [0.29, 0.717) is 18.6 Å². The summed E-state index contributed by atoms with van der Waals surface area (Å²) >= 11 is 0. The van der Waals surface area contributed by atoms with Crippen molar-refractivity contribution < 1.29 is 14.3 Å². The van der Waals surface area contributed by atoms with Crippen LogP contribution in [-0.4, -0.2) is 18.9 Å². The number of benzene rings is 3. The van der Waals surface area contributed by atoms with Gasteiger partial charge in [-0.05, 0) is 68.7 Å². The molecule has 1 heterocycles. The van der Waals surface area contributed by atoms with Gasteiger partial charge >= 0.3 is 0 Å². The van der Waals surface area contributed by atoms with Crippen LogP contribution in [0.4, 0.5) is 11.4 Å². The minimum Gasteiger partial charge on any atom is -0.496 e. The lowest BCUT2D eigenvalue weighted by Gasteiger charge is -2.41. The molecule has 2 amide bonds. The van der Waals surface area contributed by atoms with Gasteiger partial charge in [-0.1, -0.05) is 42.0 Å². The van der Waals surface area contributed by atoms with Gasteiger partial charge in [-0.15, -0.1) is 0 Å². The fourth-order valence-corrected chi connectivity index (χ4v) is 4.73. The summed E-state index contributed by atoms with van der Waals surface area (Å²) in [6.07, 6.45) is 0.783. The van der Waals surface area contributed by atoms with Crippen LogP contribution >= 0.6 is 0 Å². The van der Waals surface area contributed by atoms with E-state index in [0.717, 1.165) is 33.6 Å². The van der Waals surface area contributed by atoms with E-state index >= 15 is 0 Å². The lowest BCUT2D eigenvalue weighted by Crippen LogP contribution is -2.47. The second-order valence-electron chi connectivity index (χ2n) is 8.80. The van der Waals surface area contributed by atoms with E-state index in [1.165, 1.54) is 0 Å². The molecular formula is C28H30N2O3. The van der Waals surface area contributed by atoms with E-state index in [2.05, 4.69) is 11.4 Å². The first kappa shape index (κ1) is 22.6. The van der Waals surface area contributed by atoms with Gasteiger partial charge < -0.3 is 15.0 Å². The van der Waals surface area contributed by atoms with Gasteiger partial charge in [-0.2, -0.15) is 0 Å². The number of anilines is 2. The third-order valence-electron chi connectivity index (χ3n) is 6.19. The maximum absolute atomic E-state index is 13.6. The Morgan fingerprint density at radius 3 is 2.27 bits per heavy atom. The monoisotopic (exact) mass is 442 g/mol. The maximum atomic E-state index is 13.6. The Balaban J connectivity index is 1.78. The molecule has 4 rings (SSSR count). The standard InChI is InChI=1S/C28H30N2O3/c1-18-9-11-22(12-10-18)30-26(31)14-13-24(27(30)23-7-5-6-8-25(23)33-4)28(32)29-21-16-19(2)15-20(3)17-21/h5-12,15-17,24,27H,13-14H2,1-4H3,(H,29,32)/t24-,27+/m0/s1. The smallest absolute Gasteiger partial charge is 0.229 e. The SMILES string of the molecule is COc1ccccc1[C@@H]1[C@@H](C(=O)Nc2cc(C)cc(C)c2)CCC(=O)N1c1ccc(C)cc1. The molecule has 0 bridgehead atoms. The predicted octanol–water partition coefficient (Wildman–Crippen LogP) is 5.74. The summed E-state index contributed by atoms with van der Waals surface area (Å²) in [4.78, 5) is 28.6. The van der Waals surface area contributed by atoms with Gasteiger partial charge in [0.25, 0.3) is 0 Å². The average molecular weight is 443 g/mol. The van der Waals surface area contributed by atoms with Crippen molar-refractivity contribution in [3.05, 3.63) is 89.0 Å². The second kappa shape index (κ2) is 9.49. The number of piperidine rings is 1. The van der Waals surface area contributed by atoms with Gasteiger partial charge in [0.1, 0.15) is 5.75 Å². The highest BCUT2D eigenvalue weighted by Gasteiger charge is 2.42. The third kappa shape index (κ3) is 4.77. The molecule has 170 valence electrons. The Bertz CT molecular complexity index is 1150. The van der Waals surface area contributed by atoms with E-state index in [-0.39, 0.29) is 11.8 Å². The molecule has 5 nitrogen and oxygen atoms in total. The van der Waals surface area contributed by atoms with Crippen molar-refractivity contribution in [3.8, 4) is 5.75 Å². The average Bonchev–Trinajstić information content (AvgIpc) is 2.78. The van der Waals surface area contributed by atoms with Crippen molar-refractivity contribution in [3.63, 3.8) is 0 Å². The molecule has 0 aliphatic carbocycles. The van der Waals surface area contributed by atoms with Crippen molar-refractivity contribution in [1.29, 1.82) is 0 Å². The van der Waals surface area contributed by atoms with Crippen molar-refractivity contribution in [1.82, 2.24) is 0 Å². The zero-order valence-corrected chi connectivity index (χ0v) is 19.6. The van der Waals surface area contributed by atoms with E-state index in [9.17, 15) is 9.59 Å². The molecule has 5 heteroatoms. The summed E-state index contributed by atoms with van der Waals surface area (Å²) in [5, 5.41) is 3.11. The molecule has 1 N–H and O–H groups in total. The quantitative estimate of drug-likeness (QED) is 0.548. The number of carbonyl (C=O) groups is 2. The van der Waals surface area contributed by atoms with Crippen LogP contribution in [0.5, 0.6) is 5.75 Å². The van der Waals surface area contributed by atoms with Crippen molar-refractivity contribution in [2.45, 2.75) is 39.7 Å². The Hall–Kier alpha value is -3.60. The van der Waals surface area contributed by atoms with E-state index in [1.54, 1.807) is 12.0 Å². The maximum Gasteiger partial charge on any atom is 0.229 e. The Labute approximate surface area is 195 Å². The molecule has 0 spiro atoms. The molecule has 0 radical (unpaired) electrons. The Morgan fingerprint density at radius 1 is 0.939 bits per heavy atom. The summed E-state index contributed by atoms with van der Waals surface area (Å²) in [7, 11) is 1.62. The summed E-state index contributed by atoms with van der Waals surface area (Å²) in [6, 6.07) is 21.0. The highest BCUT2D eigenvalue weighted by atomic mass is 16.5. The normalized spacial score (nSPS) is 18.2. The Morgan fingerprint density at radius 2 is 1.61 bits per heavy atom. The summed E-state index contributed by atoms with van der Waals surface area (Å²) in [6.45, 7) is 6.04. The lowest BCUT2D eigenvalue weighted by atomic mass is 9.82. The van der Waals surface area contributed by atoms with Crippen LogP contribution in [0, 0.1) is 26.7 Å². The first-order valence-electron chi connectivity index (χ1n) is 11.3. The van der Waals surface area contributed by atoms with Gasteiger partial charge in [-0.25, -0.2) is 0 Å². The van der Waals surface area contributed by atoms with Gasteiger partial charge in [0.05, 0.1) is 19.1 Å². The van der Waals surface area contributed by atoms with Crippen LogP contribution in [0.2, 0.25) is 0 Å². The van der Waals surface area contributed by atoms with Gasteiger partial charge in [0.15, 0.2) is 0 Å². The molecular weight excluding hydrogens is 412 g/mol. The first-order valence-corrected chi connectivity index (χ1v) is 11.3. The number of hydrogen-bond donors (Lipinski definition) is 1. The molecule has 1 saturated heterocycles. The highest BCUT2D eigenvalue weighted by molar-refractivity contribution is 6.00. The Kier molecular flexibility index (Phi) is 6.50. The van der Waals surface area contributed by atoms with Crippen LogP contribution < -0.4 is 15.0 Å². The second-order valence-corrected chi connectivity index (χ2v) is 8.80. The fourth-order valence-electron chi connectivity index (χ4n) is 4.73. The number of carbonyl (C=O) groups excluding carboxylic acids is 2. The number of nitrogens with one attached hydrogen (secondary N) is 1. The summed E-state index contributed by atoms with van der Waals surface area (Å²) < 4.78 is 5.65. The van der Waals surface area contributed by atoms with E-state index in [4.69, 9.17) is 4.74 Å². The number of amides is 2. The minimum absolute atomic E-state index is 0.00482. The molecule has 3 aromatic rings. The zero-order chi connectivity index (χ0) is 23.5. The van der Waals surface area contributed by atoms with E-state index in [1.807, 2.05) is 81.4 Å². The largest absolute Gasteiger partial charge is 0.496 e. The third-order valence-corrected chi connectivity index (χ3v) is 6.19. The van der Waals surface area contributed by atoms with Gasteiger partial charge in [0, 0.05) is 23.4 Å². The highest BCUT2D eigenvalue weighted by Crippen LogP contribution is 2.43. The molecule has 1 aliphatic heterocycles. The number of nitrogens with zero attached hydrogens (tertiary/aromatic N) is 1. The van der Waals surface area contributed by atoms with Gasteiger partial charge in [-0.3, -0.25) is 9.59 Å². The van der Waals surface area contributed by atoms with Crippen LogP contribution in [0.3, 0.4) is 0 Å². The van der Waals surface area contributed by atoms with Crippen LogP contribution in [-0.2, 0) is 9.59 Å². The van der Waals surface area contributed by atoms with Crippen LogP contribution in [0.15, 0.2) is 66.7 Å². The molecule has 0 unspecified atom stereocenters. The fraction of sp³-hybridized carbons (Fsp3) is 0.286. The first-order chi connectivity index (χ1) is 15.9. The molecule has 3 aromatic carbocycles.